The van der Waals surface area contributed by atoms with E-state index in [0.717, 1.165) is 42.0 Å². The highest BCUT2D eigenvalue weighted by molar-refractivity contribution is 6.31. The van der Waals surface area contributed by atoms with Crippen molar-refractivity contribution in [2.75, 3.05) is 31.1 Å². The summed E-state index contributed by atoms with van der Waals surface area (Å²) in [4.78, 5) is 25.6. The predicted octanol–water partition coefficient (Wildman–Crippen LogP) is 5.52. The van der Waals surface area contributed by atoms with E-state index in [1.165, 1.54) is 19.3 Å². The van der Waals surface area contributed by atoms with E-state index >= 15 is 0 Å². The lowest BCUT2D eigenvalue weighted by molar-refractivity contribution is -0.116. The van der Waals surface area contributed by atoms with Gasteiger partial charge >= 0.3 is 0 Å². The number of amides is 1. The van der Waals surface area contributed by atoms with Gasteiger partial charge < -0.3 is 9.64 Å². The van der Waals surface area contributed by atoms with E-state index in [1.54, 1.807) is 24.2 Å². The molecule has 2 heterocycles. The fraction of sp³-hybridized carbons (Fsp3) is 0.370. The van der Waals surface area contributed by atoms with Gasteiger partial charge in [0.25, 0.3) is 0 Å². The van der Waals surface area contributed by atoms with Crippen molar-refractivity contribution in [3.05, 3.63) is 71.0 Å². The number of carbonyl (C=O) groups is 1. The monoisotopic (exact) mass is 478 g/mol. The minimum Gasteiger partial charge on any atom is -0.489 e. The van der Waals surface area contributed by atoms with Gasteiger partial charge in [-0.25, -0.2) is 9.97 Å². The second kappa shape index (κ2) is 11.4. The van der Waals surface area contributed by atoms with Crippen LogP contribution < -0.4 is 9.64 Å². The Bertz CT molecular complexity index is 1110. The van der Waals surface area contributed by atoms with Crippen molar-refractivity contribution in [3.8, 4) is 17.1 Å². The van der Waals surface area contributed by atoms with E-state index in [1.807, 2.05) is 49.4 Å². The molecule has 1 amide bonds. The molecule has 3 aromatic rings. The lowest BCUT2D eigenvalue weighted by Crippen LogP contribution is -2.33. The number of aryl methyl sites for hydroxylation is 1. The predicted molar refractivity (Wildman–Crippen MR) is 136 cm³/mol. The lowest BCUT2D eigenvalue weighted by Gasteiger charge is -2.26. The van der Waals surface area contributed by atoms with Crippen LogP contribution in [0.25, 0.3) is 11.4 Å². The van der Waals surface area contributed by atoms with Gasteiger partial charge in [-0.2, -0.15) is 0 Å². The van der Waals surface area contributed by atoms with E-state index in [4.69, 9.17) is 16.3 Å². The third kappa shape index (κ3) is 6.33. The molecule has 2 aromatic carbocycles. The number of likely N-dealkylation sites (tertiary alicyclic amines) is 1. The summed E-state index contributed by atoms with van der Waals surface area (Å²) in [5.74, 6) is 1.26. The molecule has 0 spiro atoms. The minimum absolute atomic E-state index is 0.0434. The Morgan fingerprint density at radius 3 is 2.59 bits per heavy atom. The minimum atomic E-state index is -0.0434. The highest BCUT2D eigenvalue weighted by Gasteiger charge is 2.16. The second-order valence-corrected chi connectivity index (χ2v) is 9.17. The van der Waals surface area contributed by atoms with Gasteiger partial charge in [0.05, 0.1) is 18.9 Å². The molecular formula is C27H31ClN4O2. The highest BCUT2D eigenvalue weighted by Crippen LogP contribution is 2.27. The molecule has 4 rings (SSSR count). The summed E-state index contributed by atoms with van der Waals surface area (Å²) < 4.78 is 5.85. The Balaban J connectivity index is 1.42. The van der Waals surface area contributed by atoms with Crippen LogP contribution in [0.4, 0.5) is 5.69 Å². The molecule has 0 radical (unpaired) electrons. The summed E-state index contributed by atoms with van der Waals surface area (Å²) in [6.45, 7) is 7.87. The molecule has 1 fully saturated rings. The Morgan fingerprint density at radius 2 is 1.85 bits per heavy atom. The van der Waals surface area contributed by atoms with Crippen LogP contribution in [0.15, 0.2) is 54.9 Å². The molecular weight excluding hydrogens is 448 g/mol. The summed E-state index contributed by atoms with van der Waals surface area (Å²) in [6.07, 6.45) is 7.34. The second-order valence-electron chi connectivity index (χ2n) is 8.73. The van der Waals surface area contributed by atoms with E-state index in [0.29, 0.717) is 29.7 Å². The molecule has 0 bridgehead atoms. The molecule has 6 nitrogen and oxygen atoms in total. The van der Waals surface area contributed by atoms with Crippen molar-refractivity contribution in [2.24, 2.45) is 0 Å². The van der Waals surface area contributed by atoms with Crippen LogP contribution in [-0.4, -0.2) is 47.0 Å². The number of hydrogen-bond acceptors (Lipinski definition) is 5. The number of aromatic nitrogens is 2. The van der Waals surface area contributed by atoms with Gasteiger partial charge in [-0.1, -0.05) is 42.3 Å². The Morgan fingerprint density at radius 1 is 1.09 bits per heavy atom. The number of anilines is 1. The first-order valence-corrected chi connectivity index (χ1v) is 12.2. The number of piperidine rings is 1. The number of halogens is 1. The first-order valence-electron chi connectivity index (χ1n) is 11.8. The van der Waals surface area contributed by atoms with Crippen LogP contribution in [0, 0.1) is 6.92 Å². The number of rotatable bonds is 8. The van der Waals surface area contributed by atoms with Gasteiger partial charge in [0.2, 0.25) is 5.91 Å². The maximum absolute atomic E-state index is 12.4. The molecule has 0 unspecified atom stereocenters. The normalized spacial score (nSPS) is 14.1. The number of hydrogen-bond donors (Lipinski definition) is 0. The molecule has 0 aliphatic carbocycles. The van der Waals surface area contributed by atoms with E-state index in [2.05, 4.69) is 14.9 Å². The van der Waals surface area contributed by atoms with E-state index in [-0.39, 0.29) is 5.91 Å². The summed E-state index contributed by atoms with van der Waals surface area (Å²) in [6, 6.07) is 13.5. The number of nitrogens with zero attached hydrogens (tertiary/aromatic N) is 4. The Labute approximate surface area is 206 Å². The van der Waals surface area contributed by atoms with Crippen LogP contribution in [0.5, 0.6) is 5.75 Å². The lowest BCUT2D eigenvalue weighted by atomic mass is 10.1. The first kappa shape index (κ1) is 24.2. The van der Waals surface area contributed by atoms with Gasteiger partial charge in [0.15, 0.2) is 11.6 Å². The summed E-state index contributed by atoms with van der Waals surface area (Å²) >= 11 is 6.19. The Kier molecular flexibility index (Phi) is 8.14. The molecule has 1 aliphatic rings. The zero-order valence-corrected chi connectivity index (χ0v) is 20.6. The van der Waals surface area contributed by atoms with Crippen LogP contribution in [0.3, 0.4) is 0 Å². The van der Waals surface area contributed by atoms with Crippen LogP contribution in [0.1, 0.15) is 37.3 Å². The fourth-order valence-corrected chi connectivity index (χ4v) is 4.41. The molecule has 1 saturated heterocycles. The number of ether oxygens (including phenoxy) is 1. The van der Waals surface area contributed by atoms with Crippen molar-refractivity contribution >= 4 is 23.2 Å². The van der Waals surface area contributed by atoms with Crippen LogP contribution >= 0.6 is 11.6 Å². The summed E-state index contributed by atoms with van der Waals surface area (Å²) in [5, 5.41) is 0.604. The van der Waals surface area contributed by atoms with Crippen LogP contribution in [-0.2, 0) is 11.3 Å². The van der Waals surface area contributed by atoms with Gasteiger partial charge in [-0.05, 0) is 62.2 Å². The topological polar surface area (TPSA) is 58.6 Å². The van der Waals surface area contributed by atoms with Gasteiger partial charge in [0.1, 0.15) is 6.61 Å². The standard InChI is InChI=1S/C27H31ClN4O2/c1-20-9-10-24(28)16-26(20)32(21(2)33)19-22-7-6-8-23(15-22)27-29-17-25(18-30-27)34-14-13-31-11-4-3-5-12-31/h6-10,15-18H,3-5,11-14,19H2,1-2H3. The van der Waals surface area contributed by atoms with Gasteiger partial charge in [-0.15, -0.1) is 0 Å². The van der Waals surface area contributed by atoms with E-state index in [9.17, 15) is 4.79 Å². The van der Waals surface area contributed by atoms with Crippen molar-refractivity contribution in [2.45, 2.75) is 39.7 Å². The SMILES string of the molecule is CC(=O)N(Cc1cccc(-c2ncc(OCCN3CCCCC3)cn2)c1)c1cc(Cl)ccc1C. The van der Waals surface area contributed by atoms with E-state index < -0.39 is 0 Å². The maximum Gasteiger partial charge on any atom is 0.224 e. The van der Waals surface area contributed by atoms with Gasteiger partial charge in [0, 0.05) is 29.7 Å². The number of benzene rings is 2. The molecule has 0 saturated carbocycles. The van der Waals surface area contributed by atoms with Gasteiger partial charge in [-0.3, -0.25) is 9.69 Å². The molecule has 1 aliphatic heterocycles. The quantitative estimate of drug-likeness (QED) is 0.426. The van der Waals surface area contributed by atoms with Crippen molar-refractivity contribution in [1.82, 2.24) is 14.9 Å². The average Bonchev–Trinajstić information content (AvgIpc) is 2.85. The molecule has 0 N–H and O–H groups in total. The number of carbonyl (C=O) groups excluding carboxylic acids is 1. The zero-order valence-electron chi connectivity index (χ0n) is 19.8. The maximum atomic E-state index is 12.4. The molecule has 0 atom stereocenters. The highest BCUT2D eigenvalue weighted by atomic mass is 35.5. The summed E-state index contributed by atoms with van der Waals surface area (Å²) in [7, 11) is 0. The fourth-order valence-electron chi connectivity index (χ4n) is 4.25. The average molecular weight is 479 g/mol. The third-order valence-electron chi connectivity index (χ3n) is 6.12. The smallest absolute Gasteiger partial charge is 0.224 e. The zero-order chi connectivity index (χ0) is 23.9. The third-order valence-corrected chi connectivity index (χ3v) is 6.36. The van der Waals surface area contributed by atoms with Crippen molar-refractivity contribution in [3.63, 3.8) is 0 Å². The molecule has 34 heavy (non-hydrogen) atoms. The molecule has 178 valence electrons. The Hall–Kier alpha value is -2.96. The van der Waals surface area contributed by atoms with Crippen LogP contribution in [0.2, 0.25) is 5.02 Å². The molecule has 7 heteroatoms. The largest absolute Gasteiger partial charge is 0.489 e. The first-order chi connectivity index (χ1) is 16.5. The van der Waals surface area contributed by atoms with Crippen molar-refractivity contribution in [1.29, 1.82) is 0 Å². The van der Waals surface area contributed by atoms with Crippen molar-refractivity contribution < 1.29 is 9.53 Å². The molecule has 1 aromatic heterocycles. The summed E-state index contributed by atoms with van der Waals surface area (Å²) in [5.41, 5.74) is 3.68.